The van der Waals surface area contributed by atoms with Gasteiger partial charge in [-0.05, 0) is 49.2 Å². The van der Waals surface area contributed by atoms with Crippen molar-refractivity contribution in [3.05, 3.63) is 56.5 Å². The van der Waals surface area contributed by atoms with Gasteiger partial charge in [-0.25, -0.2) is 4.39 Å². The number of nitrogens with one attached hydrogen (secondary N) is 1. The van der Waals surface area contributed by atoms with Crippen LogP contribution in [0.1, 0.15) is 29.0 Å². The second kappa shape index (κ2) is 6.51. The summed E-state index contributed by atoms with van der Waals surface area (Å²) in [5.41, 5.74) is 2.09. The molecule has 4 heteroatoms. The lowest BCUT2D eigenvalue weighted by molar-refractivity contribution is 0.554. The zero-order valence-electron chi connectivity index (χ0n) is 11.0. The summed E-state index contributed by atoms with van der Waals surface area (Å²) in [6.45, 7) is 4.95. The van der Waals surface area contributed by atoms with Crippen molar-refractivity contribution in [1.29, 1.82) is 0 Å². The molecule has 0 saturated carbocycles. The van der Waals surface area contributed by atoms with E-state index in [2.05, 4.69) is 18.3 Å². The summed E-state index contributed by atoms with van der Waals surface area (Å²) < 4.78 is 14.1. The third-order valence-corrected chi connectivity index (χ3v) is 4.67. The molecule has 1 aromatic heterocycles. The molecule has 0 spiro atoms. The Morgan fingerprint density at radius 2 is 2.16 bits per heavy atom. The summed E-state index contributed by atoms with van der Waals surface area (Å²) in [6, 6.07) is 9.06. The van der Waals surface area contributed by atoms with Crippen LogP contribution in [0.2, 0.25) is 4.34 Å². The highest BCUT2D eigenvalue weighted by Crippen LogP contribution is 2.32. The van der Waals surface area contributed by atoms with Crippen LogP contribution in [0, 0.1) is 12.7 Å². The van der Waals surface area contributed by atoms with Gasteiger partial charge in [0.1, 0.15) is 5.82 Å². The molecule has 0 aliphatic heterocycles. The van der Waals surface area contributed by atoms with Gasteiger partial charge in [-0.3, -0.25) is 0 Å². The van der Waals surface area contributed by atoms with Crippen molar-refractivity contribution in [1.82, 2.24) is 5.32 Å². The van der Waals surface area contributed by atoms with Crippen LogP contribution in [0.15, 0.2) is 30.3 Å². The highest BCUT2D eigenvalue weighted by Gasteiger charge is 2.15. The van der Waals surface area contributed by atoms with E-state index in [1.165, 1.54) is 10.9 Å². The normalized spacial score (nSPS) is 12.6. The number of rotatable bonds is 5. The van der Waals surface area contributed by atoms with Crippen LogP contribution in [0.3, 0.4) is 0 Å². The van der Waals surface area contributed by atoms with Crippen LogP contribution >= 0.6 is 22.9 Å². The fraction of sp³-hybridized carbons (Fsp3) is 0.333. The maximum atomic E-state index is 13.2. The Balaban J connectivity index is 2.20. The van der Waals surface area contributed by atoms with Gasteiger partial charge >= 0.3 is 0 Å². The molecule has 0 bridgehead atoms. The van der Waals surface area contributed by atoms with Gasteiger partial charge in [0, 0.05) is 10.9 Å². The van der Waals surface area contributed by atoms with E-state index in [0.717, 1.165) is 28.4 Å². The van der Waals surface area contributed by atoms with E-state index >= 15 is 0 Å². The molecule has 0 aliphatic rings. The van der Waals surface area contributed by atoms with Crippen molar-refractivity contribution in [3.63, 3.8) is 0 Å². The molecule has 1 aromatic carbocycles. The zero-order valence-corrected chi connectivity index (χ0v) is 12.6. The first-order valence-electron chi connectivity index (χ1n) is 6.33. The van der Waals surface area contributed by atoms with Gasteiger partial charge in [-0.1, -0.05) is 30.7 Å². The second-order valence-electron chi connectivity index (χ2n) is 4.55. The van der Waals surface area contributed by atoms with Gasteiger partial charge < -0.3 is 5.32 Å². The average Bonchev–Trinajstić information content (AvgIpc) is 2.69. The van der Waals surface area contributed by atoms with E-state index in [9.17, 15) is 4.39 Å². The van der Waals surface area contributed by atoms with Crippen LogP contribution in [0.5, 0.6) is 0 Å². The number of hydrogen-bond donors (Lipinski definition) is 1. The van der Waals surface area contributed by atoms with E-state index in [1.54, 1.807) is 23.5 Å². The molecule has 2 rings (SSSR count). The Labute approximate surface area is 122 Å². The molecule has 1 nitrogen and oxygen atoms in total. The first-order chi connectivity index (χ1) is 9.10. The Kier molecular flexibility index (Phi) is 4.97. The standard InChI is InChI=1S/C15H17ClFNS/c1-3-18-13(14-7-10(2)15(16)19-14)9-11-5-4-6-12(17)8-11/h4-8,13,18H,3,9H2,1-2H3. The lowest BCUT2D eigenvalue weighted by Gasteiger charge is -2.16. The largest absolute Gasteiger partial charge is 0.309 e. The molecule has 1 heterocycles. The Bertz CT molecular complexity index is 533. The average molecular weight is 298 g/mol. The van der Waals surface area contributed by atoms with Crippen LogP contribution < -0.4 is 5.32 Å². The lowest BCUT2D eigenvalue weighted by atomic mass is 10.0. The van der Waals surface area contributed by atoms with E-state index < -0.39 is 0 Å². The molecule has 0 fully saturated rings. The Morgan fingerprint density at radius 1 is 1.37 bits per heavy atom. The lowest BCUT2D eigenvalue weighted by Crippen LogP contribution is -2.22. The van der Waals surface area contributed by atoms with Crippen molar-refractivity contribution in [2.45, 2.75) is 26.3 Å². The molecule has 0 radical (unpaired) electrons. The van der Waals surface area contributed by atoms with Crippen molar-refractivity contribution in [3.8, 4) is 0 Å². The Hall–Kier alpha value is -0.900. The molecule has 1 N–H and O–H groups in total. The predicted octanol–water partition coefficient (Wildman–Crippen LogP) is 4.74. The summed E-state index contributed by atoms with van der Waals surface area (Å²) in [4.78, 5) is 1.20. The smallest absolute Gasteiger partial charge is 0.123 e. The minimum atomic E-state index is -0.187. The third kappa shape index (κ3) is 3.78. The molecule has 1 unspecified atom stereocenters. The van der Waals surface area contributed by atoms with Crippen molar-refractivity contribution in [2.75, 3.05) is 6.54 Å². The number of hydrogen-bond acceptors (Lipinski definition) is 2. The first kappa shape index (κ1) is 14.5. The summed E-state index contributed by atoms with van der Waals surface area (Å²) in [5, 5.41) is 3.44. The number of halogens is 2. The maximum Gasteiger partial charge on any atom is 0.123 e. The summed E-state index contributed by atoms with van der Waals surface area (Å²) >= 11 is 7.73. The minimum absolute atomic E-state index is 0.183. The first-order valence-corrected chi connectivity index (χ1v) is 7.53. The highest BCUT2D eigenvalue weighted by molar-refractivity contribution is 7.16. The fourth-order valence-corrected chi connectivity index (χ4v) is 3.37. The van der Waals surface area contributed by atoms with E-state index in [1.807, 2.05) is 13.0 Å². The molecular weight excluding hydrogens is 281 g/mol. The number of benzene rings is 1. The van der Waals surface area contributed by atoms with E-state index in [4.69, 9.17) is 11.6 Å². The van der Waals surface area contributed by atoms with Gasteiger partial charge in [0.25, 0.3) is 0 Å². The van der Waals surface area contributed by atoms with Gasteiger partial charge in [0.2, 0.25) is 0 Å². The summed E-state index contributed by atoms with van der Waals surface area (Å²) in [6.07, 6.45) is 0.766. The molecule has 0 aliphatic carbocycles. The predicted molar refractivity (Wildman–Crippen MR) is 80.6 cm³/mol. The van der Waals surface area contributed by atoms with Gasteiger partial charge in [0.15, 0.2) is 0 Å². The van der Waals surface area contributed by atoms with Crippen molar-refractivity contribution >= 4 is 22.9 Å². The number of thiophene rings is 1. The van der Waals surface area contributed by atoms with Gasteiger partial charge in [-0.15, -0.1) is 11.3 Å². The van der Waals surface area contributed by atoms with Crippen LogP contribution in [-0.2, 0) is 6.42 Å². The van der Waals surface area contributed by atoms with Gasteiger partial charge in [0.05, 0.1) is 4.34 Å². The fourth-order valence-electron chi connectivity index (χ4n) is 2.07. The molecule has 0 saturated heterocycles. The second-order valence-corrected chi connectivity index (χ2v) is 6.24. The van der Waals surface area contributed by atoms with E-state index in [-0.39, 0.29) is 11.9 Å². The minimum Gasteiger partial charge on any atom is -0.309 e. The monoisotopic (exact) mass is 297 g/mol. The van der Waals surface area contributed by atoms with Gasteiger partial charge in [-0.2, -0.15) is 0 Å². The van der Waals surface area contributed by atoms with E-state index in [0.29, 0.717) is 0 Å². The molecule has 1 atom stereocenters. The van der Waals surface area contributed by atoms with Crippen LogP contribution in [0.25, 0.3) is 0 Å². The van der Waals surface area contributed by atoms with Crippen LogP contribution in [0.4, 0.5) is 4.39 Å². The number of likely N-dealkylation sites (N-methyl/N-ethyl adjacent to an activating group) is 1. The zero-order chi connectivity index (χ0) is 13.8. The third-order valence-electron chi connectivity index (χ3n) is 3.00. The number of aryl methyl sites for hydroxylation is 1. The molecule has 2 aromatic rings. The van der Waals surface area contributed by atoms with Crippen molar-refractivity contribution < 1.29 is 4.39 Å². The Morgan fingerprint density at radius 3 is 2.74 bits per heavy atom. The highest BCUT2D eigenvalue weighted by atomic mass is 35.5. The molecule has 0 amide bonds. The maximum absolute atomic E-state index is 13.2. The van der Waals surface area contributed by atoms with Crippen molar-refractivity contribution in [2.24, 2.45) is 0 Å². The van der Waals surface area contributed by atoms with Crippen LogP contribution in [-0.4, -0.2) is 6.54 Å². The molecule has 102 valence electrons. The summed E-state index contributed by atoms with van der Waals surface area (Å²) in [5.74, 6) is -0.187. The SMILES string of the molecule is CCNC(Cc1cccc(F)c1)c1cc(C)c(Cl)s1. The molecular formula is C15H17ClFNS. The summed E-state index contributed by atoms with van der Waals surface area (Å²) in [7, 11) is 0. The topological polar surface area (TPSA) is 12.0 Å². The quantitative estimate of drug-likeness (QED) is 0.840. The molecule has 19 heavy (non-hydrogen) atoms.